The molecule has 1 aromatic heterocycles. The molecule has 2 aliphatic rings. The molecule has 0 aromatic carbocycles. The maximum Gasteiger partial charge on any atom is 0.246 e. The van der Waals surface area contributed by atoms with Crippen LogP contribution in [0.1, 0.15) is 19.8 Å². The van der Waals surface area contributed by atoms with E-state index in [1.165, 1.54) is 6.92 Å². The Morgan fingerprint density at radius 1 is 1.38 bits per heavy atom. The predicted octanol–water partition coefficient (Wildman–Crippen LogP) is 0.795. The van der Waals surface area contributed by atoms with Crippen molar-refractivity contribution in [3.05, 3.63) is 18.5 Å². The van der Waals surface area contributed by atoms with Gasteiger partial charge in [0.2, 0.25) is 11.8 Å². The number of carbonyl (C=O) groups is 2. The minimum atomic E-state index is -0.286. The molecule has 0 spiro atoms. The molecule has 2 saturated heterocycles. The van der Waals surface area contributed by atoms with Gasteiger partial charge < -0.3 is 9.80 Å². The highest BCUT2D eigenvalue weighted by atomic mass is 32.2. The third-order valence-corrected chi connectivity index (χ3v) is 5.20. The van der Waals surface area contributed by atoms with Gasteiger partial charge in [-0.05, 0) is 18.9 Å². The van der Waals surface area contributed by atoms with E-state index in [-0.39, 0.29) is 23.9 Å². The van der Waals surface area contributed by atoms with Gasteiger partial charge in [0.1, 0.15) is 6.04 Å². The Bertz CT molecular complexity index is 519. The molecule has 0 N–H and O–H groups in total. The number of nitrogens with zero attached hydrogens (tertiary/aromatic N) is 4. The van der Waals surface area contributed by atoms with Crippen LogP contribution in [0.4, 0.5) is 0 Å². The lowest BCUT2D eigenvalue weighted by Crippen LogP contribution is -2.50. The molecule has 7 heteroatoms. The fraction of sp³-hybridized carbons (Fsp3) is 0.643. The number of carbonyl (C=O) groups excluding carboxylic acids is 2. The van der Waals surface area contributed by atoms with E-state index in [0.717, 1.165) is 25.9 Å². The largest absolute Gasteiger partial charge is 0.336 e. The van der Waals surface area contributed by atoms with E-state index < -0.39 is 0 Å². The van der Waals surface area contributed by atoms with Crippen LogP contribution in [0.5, 0.6) is 0 Å². The number of thioether (sulfide) groups is 1. The molecule has 0 radical (unpaired) electrons. The zero-order valence-electron chi connectivity index (χ0n) is 12.1. The molecule has 21 heavy (non-hydrogen) atoms. The second-order valence-corrected chi connectivity index (χ2v) is 6.56. The standard InChI is InChI=1S/C14H20N4O2S/c1-11(19)18-10-21-9-13(18)14(20)17-7-2-4-12(17)8-16-6-3-5-15-16/h3,5-6,12-13H,2,4,7-10H2,1H3/t12-,13-/m1/s1. The highest BCUT2D eigenvalue weighted by Gasteiger charge is 2.39. The van der Waals surface area contributed by atoms with Crippen molar-refractivity contribution in [3.63, 3.8) is 0 Å². The molecule has 2 fully saturated rings. The van der Waals surface area contributed by atoms with Crippen LogP contribution in [0.25, 0.3) is 0 Å². The van der Waals surface area contributed by atoms with Crippen molar-refractivity contribution in [2.45, 2.75) is 38.4 Å². The van der Waals surface area contributed by atoms with Gasteiger partial charge in [0, 0.05) is 31.6 Å². The quantitative estimate of drug-likeness (QED) is 0.828. The third kappa shape index (κ3) is 2.92. The average molecular weight is 308 g/mol. The first kappa shape index (κ1) is 14.4. The maximum absolute atomic E-state index is 12.8. The zero-order valence-corrected chi connectivity index (χ0v) is 13.0. The van der Waals surface area contributed by atoms with E-state index in [0.29, 0.717) is 11.6 Å². The topological polar surface area (TPSA) is 58.4 Å². The van der Waals surface area contributed by atoms with Gasteiger partial charge in [-0.3, -0.25) is 14.3 Å². The van der Waals surface area contributed by atoms with Gasteiger partial charge in [0.05, 0.1) is 18.5 Å². The summed E-state index contributed by atoms with van der Waals surface area (Å²) in [6.45, 7) is 3.06. The van der Waals surface area contributed by atoms with E-state index in [4.69, 9.17) is 0 Å². The summed E-state index contributed by atoms with van der Waals surface area (Å²) in [6, 6.07) is 1.80. The van der Waals surface area contributed by atoms with Crippen molar-refractivity contribution in [1.82, 2.24) is 19.6 Å². The molecule has 2 atom stereocenters. The van der Waals surface area contributed by atoms with E-state index in [1.54, 1.807) is 22.9 Å². The molecule has 0 aliphatic carbocycles. The number of amides is 2. The summed E-state index contributed by atoms with van der Waals surface area (Å²) in [5.41, 5.74) is 0. The smallest absolute Gasteiger partial charge is 0.246 e. The Morgan fingerprint density at radius 2 is 2.24 bits per heavy atom. The average Bonchev–Trinajstić information content (AvgIpc) is 3.20. The Hall–Kier alpha value is -1.50. The Balaban J connectivity index is 1.69. The molecular weight excluding hydrogens is 288 g/mol. The fourth-order valence-electron chi connectivity index (χ4n) is 3.09. The summed E-state index contributed by atoms with van der Waals surface area (Å²) in [5.74, 6) is 1.43. The summed E-state index contributed by atoms with van der Waals surface area (Å²) < 4.78 is 1.88. The normalized spacial score (nSPS) is 25.6. The van der Waals surface area contributed by atoms with Gasteiger partial charge in [0.25, 0.3) is 0 Å². The van der Waals surface area contributed by atoms with E-state index in [9.17, 15) is 9.59 Å². The zero-order chi connectivity index (χ0) is 14.8. The molecule has 3 rings (SSSR count). The lowest BCUT2D eigenvalue weighted by atomic mass is 10.2. The molecule has 6 nitrogen and oxygen atoms in total. The molecule has 2 aliphatic heterocycles. The number of rotatable bonds is 3. The summed E-state index contributed by atoms with van der Waals surface area (Å²) in [6.07, 6.45) is 5.71. The summed E-state index contributed by atoms with van der Waals surface area (Å²) >= 11 is 1.65. The Morgan fingerprint density at radius 3 is 2.95 bits per heavy atom. The molecule has 0 unspecified atom stereocenters. The fourth-order valence-corrected chi connectivity index (χ4v) is 4.30. The second-order valence-electron chi connectivity index (χ2n) is 5.56. The SMILES string of the molecule is CC(=O)N1CSC[C@@H]1C(=O)N1CCC[C@@H]1Cn1cccn1. The minimum Gasteiger partial charge on any atom is -0.336 e. The van der Waals surface area contributed by atoms with Crippen molar-refractivity contribution in [2.75, 3.05) is 18.2 Å². The molecule has 1 aromatic rings. The van der Waals surface area contributed by atoms with Crippen molar-refractivity contribution in [3.8, 4) is 0 Å². The molecule has 3 heterocycles. The van der Waals surface area contributed by atoms with Gasteiger partial charge in [-0.15, -0.1) is 11.8 Å². The van der Waals surface area contributed by atoms with E-state index in [1.807, 2.05) is 21.8 Å². The molecule has 0 saturated carbocycles. The van der Waals surface area contributed by atoms with E-state index in [2.05, 4.69) is 5.10 Å². The van der Waals surface area contributed by atoms with Gasteiger partial charge in [0.15, 0.2) is 0 Å². The van der Waals surface area contributed by atoms with Gasteiger partial charge in [-0.1, -0.05) is 0 Å². The summed E-state index contributed by atoms with van der Waals surface area (Å²) in [5, 5.41) is 4.22. The van der Waals surface area contributed by atoms with Crippen LogP contribution >= 0.6 is 11.8 Å². The third-order valence-electron chi connectivity index (χ3n) is 4.19. The molecular formula is C14H20N4O2S. The Kier molecular flexibility index (Phi) is 4.19. The van der Waals surface area contributed by atoms with Gasteiger partial charge in [-0.25, -0.2) is 0 Å². The minimum absolute atomic E-state index is 0.0128. The van der Waals surface area contributed by atoms with Crippen molar-refractivity contribution in [1.29, 1.82) is 0 Å². The van der Waals surface area contributed by atoms with Crippen molar-refractivity contribution in [2.24, 2.45) is 0 Å². The van der Waals surface area contributed by atoms with Crippen LogP contribution in [-0.4, -0.2) is 61.7 Å². The number of aromatic nitrogens is 2. The Labute approximate surface area is 128 Å². The monoisotopic (exact) mass is 308 g/mol. The lowest BCUT2D eigenvalue weighted by molar-refractivity contribution is -0.143. The summed E-state index contributed by atoms with van der Waals surface area (Å²) in [7, 11) is 0. The van der Waals surface area contributed by atoms with Crippen LogP contribution in [0, 0.1) is 0 Å². The number of likely N-dealkylation sites (tertiary alicyclic amines) is 1. The van der Waals surface area contributed by atoms with Crippen LogP contribution in [-0.2, 0) is 16.1 Å². The van der Waals surface area contributed by atoms with Gasteiger partial charge >= 0.3 is 0 Å². The first-order chi connectivity index (χ1) is 10.2. The first-order valence-electron chi connectivity index (χ1n) is 7.29. The van der Waals surface area contributed by atoms with Crippen LogP contribution in [0.2, 0.25) is 0 Å². The maximum atomic E-state index is 12.8. The first-order valence-corrected chi connectivity index (χ1v) is 8.45. The van der Waals surface area contributed by atoms with Crippen molar-refractivity contribution >= 4 is 23.6 Å². The summed E-state index contributed by atoms with van der Waals surface area (Å²) in [4.78, 5) is 28.1. The molecule has 0 bridgehead atoms. The lowest BCUT2D eigenvalue weighted by Gasteiger charge is -2.30. The predicted molar refractivity (Wildman–Crippen MR) is 80.6 cm³/mol. The van der Waals surface area contributed by atoms with Crippen molar-refractivity contribution < 1.29 is 9.59 Å². The number of hydrogen-bond donors (Lipinski definition) is 0. The highest BCUT2D eigenvalue weighted by Crippen LogP contribution is 2.26. The second kappa shape index (κ2) is 6.09. The van der Waals surface area contributed by atoms with Gasteiger partial charge in [-0.2, -0.15) is 5.10 Å². The number of hydrogen-bond acceptors (Lipinski definition) is 4. The van der Waals surface area contributed by atoms with Crippen LogP contribution in [0.15, 0.2) is 18.5 Å². The van der Waals surface area contributed by atoms with E-state index >= 15 is 0 Å². The van der Waals surface area contributed by atoms with Crippen LogP contribution < -0.4 is 0 Å². The highest BCUT2D eigenvalue weighted by molar-refractivity contribution is 7.99. The van der Waals surface area contributed by atoms with Crippen LogP contribution in [0.3, 0.4) is 0 Å². The molecule has 2 amide bonds. The molecule has 114 valence electrons.